The first-order chi connectivity index (χ1) is 7.95. The molecule has 0 atom stereocenters. The molecule has 0 heterocycles. The molecule has 0 radical (unpaired) electrons. The fraction of sp³-hybridized carbons (Fsp3) is 0.571. The smallest absolute Gasteiger partial charge is 0.119 e. The van der Waals surface area contributed by atoms with Crippen LogP contribution in [0.4, 0.5) is 0 Å². The van der Waals surface area contributed by atoms with Crippen molar-refractivity contribution in [3.05, 3.63) is 30.3 Å². The SMILES string of the molecule is c1ccc(OCCCNCC2CCC2)cc1. The van der Waals surface area contributed by atoms with E-state index in [1.807, 2.05) is 30.3 Å². The van der Waals surface area contributed by atoms with E-state index >= 15 is 0 Å². The molecule has 0 aliphatic heterocycles. The van der Waals surface area contributed by atoms with E-state index in [2.05, 4.69) is 5.32 Å². The van der Waals surface area contributed by atoms with Crippen molar-refractivity contribution < 1.29 is 4.74 Å². The first-order valence-electron chi connectivity index (χ1n) is 6.34. The van der Waals surface area contributed by atoms with Gasteiger partial charge in [-0.05, 0) is 50.4 Å². The van der Waals surface area contributed by atoms with Crippen LogP contribution in [0, 0.1) is 5.92 Å². The maximum atomic E-state index is 5.61. The number of hydrogen-bond acceptors (Lipinski definition) is 2. The van der Waals surface area contributed by atoms with Crippen molar-refractivity contribution in [2.45, 2.75) is 25.7 Å². The van der Waals surface area contributed by atoms with Crippen molar-refractivity contribution in [1.29, 1.82) is 0 Å². The molecule has 2 rings (SSSR count). The van der Waals surface area contributed by atoms with Gasteiger partial charge in [0.15, 0.2) is 0 Å². The molecule has 0 amide bonds. The zero-order valence-corrected chi connectivity index (χ0v) is 9.82. The van der Waals surface area contributed by atoms with E-state index in [0.29, 0.717) is 0 Å². The van der Waals surface area contributed by atoms with Crippen LogP contribution >= 0.6 is 0 Å². The molecule has 1 fully saturated rings. The van der Waals surface area contributed by atoms with E-state index in [-0.39, 0.29) is 0 Å². The lowest BCUT2D eigenvalue weighted by molar-refractivity contribution is 0.284. The molecule has 88 valence electrons. The van der Waals surface area contributed by atoms with Crippen LogP contribution in [0.5, 0.6) is 5.75 Å². The molecule has 2 nitrogen and oxygen atoms in total. The van der Waals surface area contributed by atoms with Crippen LogP contribution in [0.3, 0.4) is 0 Å². The number of ether oxygens (including phenoxy) is 1. The maximum Gasteiger partial charge on any atom is 0.119 e. The molecule has 2 heteroatoms. The summed E-state index contributed by atoms with van der Waals surface area (Å²) in [4.78, 5) is 0. The Morgan fingerprint density at radius 1 is 1.19 bits per heavy atom. The molecule has 1 aromatic rings. The molecular weight excluding hydrogens is 198 g/mol. The van der Waals surface area contributed by atoms with Crippen LogP contribution in [0.15, 0.2) is 30.3 Å². The molecule has 0 bridgehead atoms. The summed E-state index contributed by atoms with van der Waals surface area (Å²) in [6.45, 7) is 3.08. The van der Waals surface area contributed by atoms with Gasteiger partial charge < -0.3 is 10.1 Å². The Bertz CT molecular complexity index is 282. The zero-order chi connectivity index (χ0) is 11.1. The van der Waals surface area contributed by atoms with Crippen molar-refractivity contribution in [3.63, 3.8) is 0 Å². The van der Waals surface area contributed by atoms with Crippen LogP contribution in [0.25, 0.3) is 0 Å². The monoisotopic (exact) mass is 219 g/mol. The van der Waals surface area contributed by atoms with Gasteiger partial charge >= 0.3 is 0 Å². The van der Waals surface area contributed by atoms with Crippen molar-refractivity contribution in [2.75, 3.05) is 19.7 Å². The molecule has 0 unspecified atom stereocenters. The Hall–Kier alpha value is -1.02. The van der Waals surface area contributed by atoms with Crippen LogP contribution in [-0.2, 0) is 0 Å². The van der Waals surface area contributed by atoms with Gasteiger partial charge in [0.1, 0.15) is 5.75 Å². The van der Waals surface area contributed by atoms with Crippen LogP contribution < -0.4 is 10.1 Å². The third-order valence-electron chi connectivity index (χ3n) is 3.17. The Morgan fingerprint density at radius 3 is 2.69 bits per heavy atom. The Morgan fingerprint density at radius 2 is 2.00 bits per heavy atom. The molecule has 16 heavy (non-hydrogen) atoms. The number of rotatable bonds is 7. The van der Waals surface area contributed by atoms with Gasteiger partial charge in [0, 0.05) is 0 Å². The molecule has 1 aromatic carbocycles. The summed E-state index contributed by atoms with van der Waals surface area (Å²) in [7, 11) is 0. The highest BCUT2D eigenvalue weighted by Crippen LogP contribution is 2.24. The second-order valence-corrected chi connectivity index (χ2v) is 4.52. The second-order valence-electron chi connectivity index (χ2n) is 4.52. The van der Waals surface area contributed by atoms with E-state index in [9.17, 15) is 0 Å². The van der Waals surface area contributed by atoms with Gasteiger partial charge in [-0.25, -0.2) is 0 Å². The number of benzene rings is 1. The van der Waals surface area contributed by atoms with Crippen molar-refractivity contribution in [2.24, 2.45) is 5.92 Å². The van der Waals surface area contributed by atoms with Crippen LogP contribution in [0.1, 0.15) is 25.7 Å². The van der Waals surface area contributed by atoms with Crippen LogP contribution in [0.2, 0.25) is 0 Å². The van der Waals surface area contributed by atoms with Gasteiger partial charge in [0.05, 0.1) is 6.61 Å². The van der Waals surface area contributed by atoms with Crippen molar-refractivity contribution >= 4 is 0 Å². The minimum atomic E-state index is 0.807. The molecule has 0 spiro atoms. The summed E-state index contributed by atoms with van der Waals surface area (Å²) in [5.74, 6) is 1.93. The van der Waals surface area contributed by atoms with E-state index in [4.69, 9.17) is 4.74 Å². The fourth-order valence-electron chi connectivity index (χ4n) is 1.91. The average molecular weight is 219 g/mol. The summed E-state index contributed by atoms with van der Waals surface area (Å²) >= 11 is 0. The first kappa shape index (κ1) is 11.5. The lowest BCUT2D eigenvalue weighted by Crippen LogP contribution is -2.28. The third kappa shape index (κ3) is 3.86. The van der Waals surface area contributed by atoms with E-state index in [1.54, 1.807) is 0 Å². The molecule has 1 aliphatic rings. The van der Waals surface area contributed by atoms with E-state index in [0.717, 1.165) is 31.2 Å². The predicted molar refractivity (Wildman–Crippen MR) is 66.8 cm³/mol. The van der Waals surface area contributed by atoms with Gasteiger partial charge in [-0.3, -0.25) is 0 Å². The lowest BCUT2D eigenvalue weighted by atomic mass is 9.85. The largest absolute Gasteiger partial charge is 0.494 e. The fourth-order valence-corrected chi connectivity index (χ4v) is 1.91. The van der Waals surface area contributed by atoms with Crippen LogP contribution in [-0.4, -0.2) is 19.7 Å². The minimum Gasteiger partial charge on any atom is -0.494 e. The molecule has 1 aliphatic carbocycles. The highest BCUT2D eigenvalue weighted by atomic mass is 16.5. The summed E-state index contributed by atoms with van der Waals surface area (Å²) < 4.78 is 5.61. The zero-order valence-electron chi connectivity index (χ0n) is 9.82. The van der Waals surface area contributed by atoms with Gasteiger partial charge in [-0.15, -0.1) is 0 Å². The molecule has 1 saturated carbocycles. The van der Waals surface area contributed by atoms with Crippen molar-refractivity contribution in [3.8, 4) is 5.75 Å². The molecule has 1 N–H and O–H groups in total. The Kier molecular flexibility index (Phi) is 4.69. The van der Waals surface area contributed by atoms with Gasteiger partial charge in [-0.1, -0.05) is 24.6 Å². The number of hydrogen-bond donors (Lipinski definition) is 1. The molecule has 0 saturated heterocycles. The maximum absolute atomic E-state index is 5.61. The normalized spacial score (nSPS) is 15.8. The topological polar surface area (TPSA) is 21.3 Å². The summed E-state index contributed by atoms with van der Waals surface area (Å²) in [6.07, 6.45) is 5.37. The summed E-state index contributed by atoms with van der Waals surface area (Å²) in [5.41, 5.74) is 0. The summed E-state index contributed by atoms with van der Waals surface area (Å²) in [6, 6.07) is 10.0. The molecular formula is C14H21NO. The predicted octanol–water partition coefficient (Wildman–Crippen LogP) is 2.85. The van der Waals surface area contributed by atoms with Gasteiger partial charge in [0.25, 0.3) is 0 Å². The number of nitrogens with one attached hydrogen (secondary N) is 1. The van der Waals surface area contributed by atoms with Gasteiger partial charge in [-0.2, -0.15) is 0 Å². The first-order valence-corrected chi connectivity index (χ1v) is 6.34. The number of para-hydroxylation sites is 1. The summed E-state index contributed by atoms with van der Waals surface area (Å²) in [5, 5.41) is 3.49. The highest BCUT2D eigenvalue weighted by Gasteiger charge is 2.15. The Balaban J connectivity index is 1.45. The quantitative estimate of drug-likeness (QED) is 0.712. The molecule has 0 aromatic heterocycles. The van der Waals surface area contributed by atoms with Crippen molar-refractivity contribution in [1.82, 2.24) is 5.32 Å². The average Bonchev–Trinajstić information content (AvgIpc) is 2.27. The van der Waals surface area contributed by atoms with E-state index < -0.39 is 0 Å². The highest BCUT2D eigenvalue weighted by molar-refractivity contribution is 5.20. The van der Waals surface area contributed by atoms with Gasteiger partial charge in [0.2, 0.25) is 0 Å². The standard InChI is InChI=1S/C14H21NO/c1-2-8-14(9-3-1)16-11-5-10-15-12-13-6-4-7-13/h1-3,8-9,13,15H,4-7,10-12H2. The Labute approximate surface area is 98.0 Å². The van der Waals surface area contributed by atoms with E-state index in [1.165, 1.54) is 25.8 Å². The lowest BCUT2D eigenvalue weighted by Gasteiger charge is -2.25. The third-order valence-corrected chi connectivity index (χ3v) is 3.17. The minimum absolute atomic E-state index is 0.807. The second kappa shape index (κ2) is 6.54.